The van der Waals surface area contributed by atoms with Crippen LogP contribution in [0, 0.1) is 21.8 Å². The monoisotopic (exact) mass is 295 g/mol. The van der Waals surface area contributed by atoms with Gasteiger partial charge in [0.2, 0.25) is 0 Å². The Hall–Kier alpha value is -2.02. The van der Waals surface area contributed by atoms with Crippen molar-refractivity contribution in [1.82, 2.24) is 4.90 Å². The van der Waals surface area contributed by atoms with Crippen LogP contribution >= 0.6 is 0 Å². The first-order valence-corrected chi connectivity index (χ1v) is 6.92. The van der Waals surface area contributed by atoms with Crippen LogP contribution in [0.2, 0.25) is 0 Å². The van der Waals surface area contributed by atoms with Crippen LogP contribution < -0.4 is 5.73 Å². The van der Waals surface area contributed by atoms with E-state index in [2.05, 4.69) is 0 Å². The number of likely N-dealkylation sites (tertiary alicyclic amines) is 1. The van der Waals surface area contributed by atoms with Crippen LogP contribution in [0.25, 0.3) is 0 Å². The number of nitrogens with two attached hydrogens (primary N) is 1. The molecule has 6 nitrogen and oxygen atoms in total. The topological polar surface area (TPSA) is 89.5 Å². The molecule has 1 amide bonds. The highest BCUT2D eigenvalue weighted by molar-refractivity contribution is 5.98. The standard InChI is InChI=1S/C14H18FN3O3/c1-2-9-8-17(6-5-12(9)16)14(19)11-7-10(15)3-4-13(11)18(20)21/h3-4,7,9,12H,2,5-6,8,16H2,1H3. The molecule has 1 aromatic carbocycles. The van der Waals surface area contributed by atoms with E-state index >= 15 is 0 Å². The smallest absolute Gasteiger partial charge is 0.282 e. The van der Waals surface area contributed by atoms with Crippen LogP contribution in [-0.4, -0.2) is 34.9 Å². The van der Waals surface area contributed by atoms with Crippen molar-refractivity contribution in [2.75, 3.05) is 13.1 Å². The van der Waals surface area contributed by atoms with Crippen LogP contribution in [0.1, 0.15) is 30.1 Å². The Morgan fingerprint density at radius 3 is 2.90 bits per heavy atom. The molecule has 0 radical (unpaired) electrons. The zero-order chi connectivity index (χ0) is 15.6. The normalized spacial score (nSPS) is 22.1. The lowest BCUT2D eigenvalue weighted by atomic mass is 9.90. The highest BCUT2D eigenvalue weighted by Crippen LogP contribution is 2.25. The number of amides is 1. The molecule has 2 unspecified atom stereocenters. The first-order chi connectivity index (χ1) is 9.93. The largest absolute Gasteiger partial charge is 0.338 e. The predicted molar refractivity (Wildman–Crippen MR) is 75.3 cm³/mol. The molecule has 2 atom stereocenters. The Morgan fingerprint density at radius 1 is 1.57 bits per heavy atom. The highest BCUT2D eigenvalue weighted by atomic mass is 19.1. The summed E-state index contributed by atoms with van der Waals surface area (Å²) in [7, 11) is 0. The Bertz CT molecular complexity index is 564. The van der Waals surface area contributed by atoms with Gasteiger partial charge in [-0.2, -0.15) is 0 Å². The average molecular weight is 295 g/mol. The molecule has 1 fully saturated rings. The van der Waals surface area contributed by atoms with Gasteiger partial charge in [0, 0.05) is 25.2 Å². The zero-order valence-corrected chi connectivity index (χ0v) is 11.8. The second-order valence-corrected chi connectivity index (χ2v) is 5.29. The van der Waals surface area contributed by atoms with Gasteiger partial charge in [-0.3, -0.25) is 14.9 Å². The fourth-order valence-electron chi connectivity index (χ4n) is 2.68. The van der Waals surface area contributed by atoms with Gasteiger partial charge in [0.05, 0.1) is 4.92 Å². The van der Waals surface area contributed by atoms with E-state index < -0.39 is 16.6 Å². The lowest BCUT2D eigenvalue weighted by Crippen LogP contribution is -2.49. The first-order valence-electron chi connectivity index (χ1n) is 6.92. The van der Waals surface area contributed by atoms with Gasteiger partial charge in [0.25, 0.3) is 11.6 Å². The second kappa shape index (κ2) is 6.17. The third-order valence-corrected chi connectivity index (χ3v) is 3.99. The van der Waals surface area contributed by atoms with Crippen molar-refractivity contribution < 1.29 is 14.1 Å². The summed E-state index contributed by atoms with van der Waals surface area (Å²) in [5, 5.41) is 11.0. The molecule has 0 spiro atoms. The molecule has 0 aliphatic carbocycles. The van der Waals surface area contributed by atoms with E-state index in [9.17, 15) is 19.3 Å². The predicted octanol–water partition coefficient (Wildman–Crippen LogP) is 1.93. The summed E-state index contributed by atoms with van der Waals surface area (Å²) in [6.45, 7) is 2.87. The highest BCUT2D eigenvalue weighted by Gasteiger charge is 2.31. The molecule has 1 saturated heterocycles. The van der Waals surface area contributed by atoms with Crippen LogP contribution in [0.15, 0.2) is 18.2 Å². The molecule has 0 aromatic heterocycles. The number of hydrogen-bond donors (Lipinski definition) is 1. The minimum Gasteiger partial charge on any atom is -0.338 e. The summed E-state index contributed by atoms with van der Waals surface area (Å²) in [6.07, 6.45) is 1.48. The first kappa shape index (κ1) is 15.4. The maximum atomic E-state index is 13.3. The minimum absolute atomic E-state index is 0.0292. The number of carbonyl (C=O) groups is 1. The molecule has 0 bridgehead atoms. The fourth-order valence-corrected chi connectivity index (χ4v) is 2.68. The van der Waals surface area contributed by atoms with Crippen LogP contribution in [-0.2, 0) is 0 Å². The summed E-state index contributed by atoms with van der Waals surface area (Å²) < 4.78 is 13.3. The number of hydrogen-bond acceptors (Lipinski definition) is 4. The van der Waals surface area contributed by atoms with Crippen molar-refractivity contribution in [3.63, 3.8) is 0 Å². The van der Waals surface area contributed by atoms with Gasteiger partial charge in [-0.05, 0) is 24.5 Å². The SMILES string of the molecule is CCC1CN(C(=O)c2cc(F)ccc2[N+](=O)[O-])CCC1N. The number of nitro benzene ring substituents is 1. The Balaban J connectivity index is 2.28. The number of rotatable bonds is 3. The molecule has 114 valence electrons. The summed E-state index contributed by atoms with van der Waals surface area (Å²) in [5.41, 5.74) is 5.41. The second-order valence-electron chi connectivity index (χ2n) is 5.29. The lowest BCUT2D eigenvalue weighted by Gasteiger charge is -2.36. The summed E-state index contributed by atoms with van der Waals surface area (Å²) >= 11 is 0. The molecule has 1 aliphatic heterocycles. The maximum absolute atomic E-state index is 13.3. The van der Waals surface area contributed by atoms with E-state index in [0.717, 1.165) is 24.6 Å². The third kappa shape index (κ3) is 3.18. The van der Waals surface area contributed by atoms with Crippen molar-refractivity contribution in [2.45, 2.75) is 25.8 Å². The van der Waals surface area contributed by atoms with E-state index in [-0.39, 0.29) is 23.2 Å². The van der Waals surface area contributed by atoms with E-state index in [0.29, 0.717) is 19.5 Å². The van der Waals surface area contributed by atoms with E-state index in [1.807, 2.05) is 6.92 Å². The number of halogens is 1. The molecule has 2 rings (SSSR count). The maximum Gasteiger partial charge on any atom is 0.282 e. The van der Waals surface area contributed by atoms with Crippen LogP contribution in [0.5, 0.6) is 0 Å². The number of carbonyl (C=O) groups excluding carboxylic acids is 1. The molecule has 1 heterocycles. The number of benzene rings is 1. The van der Waals surface area contributed by atoms with Gasteiger partial charge in [-0.15, -0.1) is 0 Å². The number of nitro groups is 1. The number of nitrogens with zero attached hydrogens (tertiary/aromatic N) is 2. The van der Waals surface area contributed by atoms with E-state index in [1.165, 1.54) is 4.90 Å². The van der Waals surface area contributed by atoms with Crippen LogP contribution in [0.4, 0.5) is 10.1 Å². The minimum atomic E-state index is -0.667. The van der Waals surface area contributed by atoms with Crippen molar-refractivity contribution in [1.29, 1.82) is 0 Å². The van der Waals surface area contributed by atoms with Crippen LogP contribution in [0.3, 0.4) is 0 Å². The average Bonchev–Trinajstić information content (AvgIpc) is 2.46. The Kier molecular flexibility index (Phi) is 4.52. The molecule has 1 aliphatic rings. The van der Waals surface area contributed by atoms with Gasteiger partial charge in [0.15, 0.2) is 0 Å². The molecule has 21 heavy (non-hydrogen) atoms. The zero-order valence-electron chi connectivity index (χ0n) is 11.8. The molecule has 0 saturated carbocycles. The van der Waals surface area contributed by atoms with Crippen molar-refractivity contribution in [2.24, 2.45) is 11.7 Å². The Morgan fingerprint density at radius 2 is 2.29 bits per heavy atom. The van der Waals surface area contributed by atoms with Gasteiger partial charge < -0.3 is 10.6 Å². The summed E-state index contributed by atoms with van der Waals surface area (Å²) in [5.74, 6) is -1.01. The molecule has 7 heteroatoms. The number of piperidine rings is 1. The van der Waals surface area contributed by atoms with Crippen molar-refractivity contribution >= 4 is 11.6 Å². The Labute approximate surface area is 121 Å². The van der Waals surface area contributed by atoms with Gasteiger partial charge in [-0.1, -0.05) is 13.3 Å². The molecule has 2 N–H and O–H groups in total. The summed E-state index contributed by atoms with van der Waals surface area (Å²) in [6, 6.07) is 2.96. The quantitative estimate of drug-likeness (QED) is 0.681. The van der Waals surface area contributed by atoms with Crippen molar-refractivity contribution in [3.05, 3.63) is 39.7 Å². The third-order valence-electron chi connectivity index (χ3n) is 3.99. The van der Waals surface area contributed by atoms with E-state index in [4.69, 9.17) is 5.73 Å². The van der Waals surface area contributed by atoms with Gasteiger partial charge >= 0.3 is 0 Å². The molecular weight excluding hydrogens is 277 g/mol. The van der Waals surface area contributed by atoms with Gasteiger partial charge in [0.1, 0.15) is 11.4 Å². The van der Waals surface area contributed by atoms with Gasteiger partial charge in [-0.25, -0.2) is 4.39 Å². The van der Waals surface area contributed by atoms with Crippen molar-refractivity contribution in [3.8, 4) is 0 Å². The fraction of sp³-hybridized carbons (Fsp3) is 0.500. The molecule has 1 aromatic rings. The summed E-state index contributed by atoms with van der Waals surface area (Å²) in [4.78, 5) is 24.3. The lowest BCUT2D eigenvalue weighted by molar-refractivity contribution is -0.385. The van der Waals surface area contributed by atoms with E-state index in [1.54, 1.807) is 0 Å². The molecular formula is C14H18FN3O3.